The van der Waals surface area contributed by atoms with Crippen LogP contribution in [0.25, 0.3) is 0 Å². The molecule has 3 rings (SSSR count). The molecule has 7 heteroatoms. The highest BCUT2D eigenvalue weighted by atomic mass is 16.5. The van der Waals surface area contributed by atoms with Gasteiger partial charge in [-0.3, -0.25) is 4.79 Å². The Morgan fingerprint density at radius 2 is 1.96 bits per heavy atom. The van der Waals surface area contributed by atoms with Gasteiger partial charge >= 0.3 is 5.97 Å². The average molecular weight is 319 g/mol. The zero-order chi connectivity index (χ0) is 16.5. The van der Waals surface area contributed by atoms with Crippen LogP contribution in [-0.4, -0.2) is 42.7 Å². The van der Waals surface area contributed by atoms with Crippen LogP contribution >= 0.6 is 0 Å². The fourth-order valence-electron chi connectivity index (χ4n) is 2.82. The van der Waals surface area contributed by atoms with Crippen LogP contribution in [0.1, 0.15) is 41.7 Å². The molecule has 23 heavy (non-hydrogen) atoms. The van der Waals surface area contributed by atoms with Crippen molar-refractivity contribution in [1.82, 2.24) is 10.3 Å². The summed E-state index contributed by atoms with van der Waals surface area (Å²) in [6.45, 7) is 1.01. The zero-order valence-electron chi connectivity index (χ0n) is 13.1. The smallest absolute Gasteiger partial charge is 0.356 e. The fourth-order valence-corrected chi connectivity index (χ4v) is 2.82. The molecule has 1 saturated heterocycles. The van der Waals surface area contributed by atoms with Crippen molar-refractivity contribution in [2.45, 2.75) is 36.8 Å². The number of hydrogen-bond acceptors (Lipinski definition) is 6. The molecule has 124 valence electrons. The fraction of sp³-hybridized carbons (Fsp3) is 0.562. The first kappa shape index (κ1) is 15.9. The lowest BCUT2D eigenvalue weighted by Crippen LogP contribution is -2.58. The number of carbonyl (C=O) groups is 2. The first-order valence-corrected chi connectivity index (χ1v) is 7.73. The first-order chi connectivity index (χ1) is 11.0. The van der Waals surface area contributed by atoms with Crippen molar-refractivity contribution in [1.29, 1.82) is 0 Å². The Morgan fingerprint density at radius 1 is 1.26 bits per heavy atom. The van der Waals surface area contributed by atoms with E-state index in [1.54, 1.807) is 18.3 Å². The molecule has 1 aliphatic carbocycles. The number of aromatic nitrogens is 1. The number of nitrogens with two attached hydrogens (primary N) is 1. The van der Waals surface area contributed by atoms with Gasteiger partial charge in [-0.25, -0.2) is 9.78 Å². The Hall–Kier alpha value is -1.99. The van der Waals surface area contributed by atoms with Crippen molar-refractivity contribution in [2.24, 2.45) is 5.73 Å². The third-order valence-corrected chi connectivity index (χ3v) is 4.65. The number of methoxy groups -OCH3 is 1. The van der Waals surface area contributed by atoms with Crippen molar-refractivity contribution in [3.8, 4) is 0 Å². The number of carbonyl (C=O) groups excluding carboxylic acids is 2. The second-order valence-corrected chi connectivity index (χ2v) is 6.23. The Bertz CT molecular complexity index is 604. The van der Waals surface area contributed by atoms with Crippen LogP contribution in [0.15, 0.2) is 18.3 Å². The molecular formula is C16H21N3O4. The third-order valence-electron chi connectivity index (χ3n) is 4.65. The molecule has 0 bridgehead atoms. The molecular weight excluding hydrogens is 298 g/mol. The van der Waals surface area contributed by atoms with Crippen LogP contribution in [0.5, 0.6) is 0 Å². The third kappa shape index (κ3) is 3.07. The quantitative estimate of drug-likeness (QED) is 0.783. The van der Waals surface area contributed by atoms with E-state index >= 15 is 0 Å². The number of rotatable bonds is 4. The van der Waals surface area contributed by atoms with E-state index in [1.165, 1.54) is 7.11 Å². The van der Waals surface area contributed by atoms with E-state index in [2.05, 4.69) is 15.0 Å². The molecule has 0 aromatic carbocycles. The minimum atomic E-state index is -0.868. The number of amides is 1. The number of esters is 1. The predicted octanol–water partition coefficient (Wildman–Crippen LogP) is 0.481. The van der Waals surface area contributed by atoms with Gasteiger partial charge in [0, 0.05) is 19.4 Å². The average Bonchev–Trinajstić information content (AvgIpc) is 3.35. The molecule has 3 N–H and O–H groups in total. The van der Waals surface area contributed by atoms with Gasteiger partial charge in [-0.1, -0.05) is 6.07 Å². The molecule has 1 aromatic rings. The van der Waals surface area contributed by atoms with Crippen molar-refractivity contribution in [3.63, 3.8) is 0 Å². The van der Waals surface area contributed by atoms with E-state index in [4.69, 9.17) is 10.5 Å². The summed E-state index contributed by atoms with van der Waals surface area (Å²) in [4.78, 5) is 28.1. The Morgan fingerprint density at radius 3 is 2.48 bits per heavy atom. The summed E-state index contributed by atoms with van der Waals surface area (Å²) in [5, 5.41) is 3.08. The Balaban J connectivity index is 1.72. The SMILES string of the molecule is COC(=O)c1ccc(C2(NC(=O)C3(N)CCOCC3)CC2)cn1. The largest absolute Gasteiger partial charge is 0.464 e. The van der Waals surface area contributed by atoms with Crippen molar-refractivity contribution >= 4 is 11.9 Å². The normalized spacial score (nSPS) is 21.3. The van der Waals surface area contributed by atoms with Gasteiger partial charge in [-0.05, 0) is 37.3 Å². The molecule has 0 atom stereocenters. The minimum absolute atomic E-state index is 0.143. The van der Waals surface area contributed by atoms with Crippen molar-refractivity contribution in [3.05, 3.63) is 29.6 Å². The van der Waals surface area contributed by atoms with E-state index in [9.17, 15) is 9.59 Å². The maximum Gasteiger partial charge on any atom is 0.356 e. The van der Waals surface area contributed by atoms with Crippen LogP contribution in [0.3, 0.4) is 0 Å². The second kappa shape index (κ2) is 5.90. The highest BCUT2D eigenvalue weighted by Gasteiger charge is 2.49. The Labute approximate surface area is 134 Å². The zero-order valence-corrected chi connectivity index (χ0v) is 13.1. The standard InChI is InChI=1S/C16H21N3O4/c1-22-13(20)12-3-2-11(10-18-12)16(4-5-16)19-14(21)15(17)6-8-23-9-7-15/h2-3,10H,4-9,17H2,1H3,(H,19,21). The lowest BCUT2D eigenvalue weighted by molar-refractivity contribution is -0.130. The van der Waals surface area contributed by atoms with Gasteiger partial charge in [0.2, 0.25) is 5.91 Å². The van der Waals surface area contributed by atoms with Crippen LogP contribution in [-0.2, 0) is 19.8 Å². The number of hydrogen-bond donors (Lipinski definition) is 2. The molecule has 2 aliphatic rings. The summed E-state index contributed by atoms with van der Waals surface area (Å²) in [5.74, 6) is -0.621. The molecule has 1 aromatic heterocycles. The van der Waals surface area contributed by atoms with Crippen LogP contribution in [0.4, 0.5) is 0 Å². The molecule has 2 fully saturated rings. The summed E-state index contributed by atoms with van der Waals surface area (Å²) in [6, 6.07) is 3.42. The molecule has 1 amide bonds. The van der Waals surface area contributed by atoms with E-state index in [0.717, 1.165) is 18.4 Å². The van der Waals surface area contributed by atoms with Gasteiger partial charge in [0.15, 0.2) is 0 Å². The Kier molecular flexibility index (Phi) is 4.08. The second-order valence-electron chi connectivity index (χ2n) is 6.23. The van der Waals surface area contributed by atoms with Gasteiger partial charge in [0.1, 0.15) is 5.69 Å². The topological polar surface area (TPSA) is 104 Å². The summed E-state index contributed by atoms with van der Waals surface area (Å²) >= 11 is 0. The summed E-state index contributed by atoms with van der Waals surface area (Å²) in [6.07, 6.45) is 4.34. The minimum Gasteiger partial charge on any atom is -0.464 e. The van der Waals surface area contributed by atoms with Gasteiger partial charge < -0.3 is 20.5 Å². The monoisotopic (exact) mass is 319 g/mol. The number of nitrogens with one attached hydrogen (secondary N) is 1. The maximum atomic E-state index is 12.6. The molecule has 0 unspecified atom stereocenters. The molecule has 0 spiro atoms. The van der Waals surface area contributed by atoms with Crippen molar-refractivity contribution in [2.75, 3.05) is 20.3 Å². The summed E-state index contributed by atoms with van der Waals surface area (Å²) < 4.78 is 9.91. The molecule has 1 saturated carbocycles. The molecule has 0 radical (unpaired) electrons. The highest BCUT2D eigenvalue weighted by Crippen LogP contribution is 2.45. The number of nitrogens with zero attached hydrogens (tertiary/aromatic N) is 1. The van der Waals surface area contributed by atoms with E-state index in [-0.39, 0.29) is 11.6 Å². The van der Waals surface area contributed by atoms with Gasteiger partial charge in [0.05, 0.1) is 18.2 Å². The maximum absolute atomic E-state index is 12.6. The first-order valence-electron chi connectivity index (χ1n) is 7.73. The van der Waals surface area contributed by atoms with Crippen molar-refractivity contribution < 1.29 is 19.1 Å². The van der Waals surface area contributed by atoms with E-state index in [0.29, 0.717) is 26.1 Å². The summed E-state index contributed by atoms with van der Waals surface area (Å²) in [5.41, 5.74) is 6.08. The number of pyridine rings is 1. The lowest BCUT2D eigenvalue weighted by Gasteiger charge is -2.33. The van der Waals surface area contributed by atoms with Crippen LogP contribution in [0, 0.1) is 0 Å². The van der Waals surface area contributed by atoms with Gasteiger partial charge in [-0.2, -0.15) is 0 Å². The van der Waals surface area contributed by atoms with E-state index in [1.807, 2.05) is 0 Å². The molecule has 1 aliphatic heterocycles. The van der Waals surface area contributed by atoms with Gasteiger partial charge in [-0.15, -0.1) is 0 Å². The van der Waals surface area contributed by atoms with Gasteiger partial charge in [0.25, 0.3) is 0 Å². The predicted molar refractivity (Wildman–Crippen MR) is 81.6 cm³/mol. The highest BCUT2D eigenvalue weighted by molar-refractivity contribution is 5.88. The summed E-state index contributed by atoms with van der Waals surface area (Å²) in [7, 11) is 1.31. The van der Waals surface area contributed by atoms with Crippen LogP contribution in [0.2, 0.25) is 0 Å². The van der Waals surface area contributed by atoms with Crippen LogP contribution < -0.4 is 11.1 Å². The molecule has 2 heterocycles. The molecule has 7 nitrogen and oxygen atoms in total. The number of ether oxygens (including phenoxy) is 2. The lowest BCUT2D eigenvalue weighted by atomic mass is 9.89. The van der Waals surface area contributed by atoms with E-state index < -0.39 is 17.0 Å².